The number of carbonyl (C=O) groups is 3. The molecule has 2 aromatic carbocycles. The quantitative estimate of drug-likeness (QED) is 0.827. The molecule has 2 aliphatic rings. The summed E-state index contributed by atoms with van der Waals surface area (Å²) < 4.78 is 5.70. The third kappa shape index (κ3) is 3.48. The van der Waals surface area contributed by atoms with Crippen molar-refractivity contribution in [2.24, 2.45) is 0 Å². The first-order chi connectivity index (χ1) is 13.1. The first-order valence-corrected chi connectivity index (χ1v) is 8.86. The summed E-state index contributed by atoms with van der Waals surface area (Å²) in [6.07, 6.45) is 1.51. The molecule has 0 unspecified atom stereocenters. The predicted molar refractivity (Wildman–Crippen MR) is 98.4 cm³/mol. The lowest BCUT2D eigenvalue weighted by molar-refractivity contribution is -0.131. The van der Waals surface area contributed by atoms with Crippen molar-refractivity contribution in [3.05, 3.63) is 54.6 Å². The fourth-order valence-electron chi connectivity index (χ4n) is 3.40. The van der Waals surface area contributed by atoms with Gasteiger partial charge in [-0.15, -0.1) is 0 Å². The van der Waals surface area contributed by atoms with E-state index in [1.54, 1.807) is 29.2 Å². The summed E-state index contributed by atoms with van der Waals surface area (Å²) in [5.74, 6) is 0.680. The van der Waals surface area contributed by atoms with Crippen molar-refractivity contribution in [1.29, 1.82) is 0 Å². The summed E-state index contributed by atoms with van der Waals surface area (Å²) >= 11 is 0. The lowest BCUT2D eigenvalue weighted by Gasteiger charge is -2.15. The molecule has 2 aromatic rings. The Hall–Kier alpha value is -3.35. The normalized spacial score (nSPS) is 18.6. The molecule has 27 heavy (non-hydrogen) atoms. The van der Waals surface area contributed by atoms with Gasteiger partial charge >= 0.3 is 6.03 Å². The minimum atomic E-state index is -0.408. The molecule has 0 aliphatic carbocycles. The van der Waals surface area contributed by atoms with Gasteiger partial charge in [-0.3, -0.25) is 14.5 Å². The number of fused-ring (bicyclic) bond motifs is 1. The highest BCUT2D eigenvalue weighted by Gasteiger charge is 2.47. The summed E-state index contributed by atoms with van der Waals surface area (Å²) in [7, 11) is 0. The monoisotopic (exact) mass is 365 g/mol. The second kappa shape index (κ2) is 7.11. The van der Waals surface area contributed by atoms with Crippen LogP contribution in [0.2, 0.25) is 0 Å². The predicted octanol–water partition coefficient (Wildman–Crippen LogP) is 2.84. The van der Waals surface area contributed by atoms with Crippen LogP contribution < -0.4 is 10.1 Å². The van der Waals surface area contributed by atoms with Crippen LogP contribution in [0, 0.1) is 0 Å². The van der Waals surface area contributed by atoms with Crippen molar-refractivity contribution in [3.63, 3.8) is 0 Å². The minimum absolute atomic E-state index is 0.271. The lowest BCUT2D eigenvalue weighted by Crippen LogP contribution is -2.39. The van der Waals surface area contributed by atoms with Gasteiger partial charge in [-0.25, -0.2) is 4.79 Å². The van der Waals surface area contributed by atoms with E-state index in [2.05, 4.69) is 5.32 Å². The van der Waals surface area contributed by atoms with E-state index in [1.165, 1.54) is 0 Å². The van der Waals surface area contributed by atoms with Gasteiger partial charge in [0.25, 0.3) is 5.91 Å². The fourth-order valence-corrected chi connectivity index (χ4v) is 3.40. The number of hydrogen-bond donors (Lipinski definition) is 1. The molecule has 0 aromatic heterocycles. The average molecular weight is 365 g/mol. The molecule has 2 aliphatic heterocycles. The zero-order valence-electron chi connectivity index (χ0n) is 14.6. The van der Waals surface area contributed by atoms with E-state index in [0.717, 1.165) is 17.1 Å². The molecule has 0 bridgehead atoms. The number of amides is 4. The van der Waals surface area contributed by atoms with Gasteiger partial charge < -0.3 is 15.0 Å². The Kier molecular flexibility index (Phi) is 4.50. The van der Waals surface area contributed by atoms with E-state index in [-0.39, 0.29) is 24.5 Å². The molecule has 4 rings (SSSR count). The van der Waals surface area contributed by atoms with Crippen LogP contribution in [-0.2, 0) is 9.59 Å². The second-order valence-corrected chi connectivity index (χ2v) is 6.55. The smallest absolute Gasteiger partial charge is 0.327 e. The second-order valence-electron chi connectivity index (χ2n) is 6.55. The maximum atomic E-state index is 12.3. The SMILES string of the molecule is O=C(CN1C(=O)[C@H]2CCCN2C1=O)Nc1ccc(Oc2ccccc2)cc1. The molecule has 0 saturated carbocycles. The molecular weight excluding hydrogens is 346 g/mol. The van der Waals surface area contributed by atoms with Gasteiger partial charge in [-0.1, -0.05) is 18.2 Å². The molecular formula is C20H19N3O4. The molecule has 2 saturated heterocycles. The topological polar surface area (TPSA) is 79.0 Å². The van der Waals surface area contributed by atoms with Crippen LogP contribution in [-0.4, -0.2) is 46.8 Å². The van der Waals surface area contributed by atoms with Crippen LogP contribution in [0.5, 0.6) is 11.5 Å². The average Bonchev–Trinajstić information content (AvgIpc) is 3.24. The van der Waals surface area contributed by atoms with Crippen LogP contribution in [0.4, 0.5) is 10.5 Å². The number of rotatable bonds is 5. The Morgan fingerprint density at radius 3 is 2.44 bits per heavy atom. The maximum absolute atomic E-state index is 12.3. The summed E-state index contributed by atoms with van der Waals surface area (Å²) in [5.41, 5.74) is 0.569. The van der Waals surface area contributed by atoms with Gasteiger partial charge in [0, 0.05) is 12.2 Å². The van der Waals surface area contributed by atoms with Crippen LogP contribution in [0.25, 0.3) is 0 Å². The Bertz CT molecular complexity index is 845. The zero-order valence-corrected chi connectivity index (χ0v) is 14.6. The van der Waals surface area contributed by atoms with Crippen molar-refractivity contribution in [3.8, 4) is 11.5 Å². The number of nitrogens with one attached hydrogen (secondary N) is 1. The number of urea groups is 1. The first-order valence-electron chi connectivity index (χ1n) is 8.86. The third-order valence-electron chi connectivity index (χ3n) is 4.70. The van der Waals surface area contributed by atoms with Crippen molar-refractivity contribution in [2.75, 3.05) is 18.4 Å². The Morgan fingerprint density at radius 1 is 1.04 bits per heavy atom. The molecule has 0 spiro atoms. The summed E-state index contributed by atoms with van der Waals surface area (Å²) in [6.45, 7) is 0.309. The molecule has 0 radical (unpaired) electrons. The van der Waals surface area contributed by atoms with Crippen LogP contribution in [0.15, 0.2) is 54.6 Å². The highest BCUT2D eigenvalue weighted by Crippen LogP contribution is 2.27. The summed E-state index contributed by atoms with van der Waals surface area (Å²) in [6, 6.07) is 15.5. The molecule has 138 valence electrons. The largest absolute Gasteiger partial charge is 0.457 e. The van der Waals surface area contributed by atoms with Gasteiger partial charge in [0.15, 0.2) is 0 Å². The van der Waals surface area contributed by atoms with Crippen molar-refractivity contribution in [2.45, 2.75) is 18.9 Å². The van der Waals surface area contributed by atoms with Crippen molar-refractivity contribution >= 4 is 23.5 Å². The van der Waals surface area contributed by atoms with Crippen LogP contribution in [0.1, 0.15) is 12.8 Å². The van der Waals surface area contributed by atoms with Gasteiger partial charge in [0.2, 0.25) is 5.91 Å². The molecule has 2 fully saturated rings. The number of benzene rings is 2. The van der Waals surface area contributed by atoms with Crippen molar-refractivity contribution < 1.29 is 19.1 Å². The van der Waals surface area contributed by atoms with Crippen LogP contribution in [0.3, 0.4) is 0 Å². The number of carbonyl (C=O) groups excluding carboxylic acids is 3. The number of para-hydroxylation sites is 1. The molecule has 7 heteroatoms. The molecule has 1 N–H and O–H groups in total. The Labute approximate surface area is 156 Å². The van der Waals surface area contributed by atoms with E-state index in [4.69, 9.17) is 4.74 Å². The van der Waals surface area contributed by atoms with E-state index in [1.807, 2.05) is 30.3 Å². The van der Waals surface area contributed by atoms with Crippen molar-refractivity contribution in [1.82, 2.24) is 9.80 Å². The third-order valence-corrected chi connectivity index (χ3v) is 4.70. The molecule has 4 amide bonds. The van der Waals surface area contributed by atoms with Gasteiger partial charge in [-0.05, 0) is 49.2 Å². The van der Waals surface area contributed by atoms with E-state index in [0.29, 0.717) is 24.4 Å². The molecule has 2 heterocycles. The summed E-state index contributed by atoms with van der Waals surface area (Å²) in [5, 5.41) is 2.71. The zero-order chi connectivity index (χ0) is 18.8. The highest BCUT2D eigenvalue weighted by molar-refractivity contribution is 6.08. The maximum Gasteiger partial charge on any atom is 0.327 e. The summed E-state index contributed by atoms with van der Waals surface area (Å²) in [4.78, 5) is 39.3. The Morgan fingerprint density at radius 2 is 1.74 bits per heavy atom. The van der Waals surface area contributed by atoms with E-state index >= 15 is 0 Å². The number of imide groups is 1. The minimum Gasteiger partial charge on any atom is -0.457 e. The van der Waals surface area contributed by atoms with Crippen LogP contribution >= 0.6 is 0 Å². The van der Waals surface area contributed by atoms with Gasteiger partial charge in [0.05, 0.1) is 0 Å². The Balaban J connectivity index is 1.34. The molecule has 7 nitrogen and oxygen atoms in total. The van der Waals surface area contributed by atoms with E-state index in [9.17, 15) is 14.4 Å². The van der Waals surface area contributed by atoms with E-state index < -0.39 is 5.91 Å². The fraction of sp³-hybridized carbons (Fsp3) is 0.250. The highest BCUT2D eigenvalue weighted by atomic mass is 16.5. The van der Waals surface area contributed by atoms with Gasteiger partial charge in [0.1, 0.15) is 24.1 Å². The number of ether oxygens (including phenoxy) is 1. The number of hydrogen-bond acceptors (Lipinski definition) is 4. The lowest BCUT2D eigenvalue weighted by atomic mass is 10.2. The standard InChI is InChI=1S/C20H19N3O4/c24-18(13-23-19(25)17-7-4-12-22(17)20(23)26)21-14-8-10-16(11-9-14)27-15-5-2-1-3-6-15/h1-3,5-6,8-11,17H,4,7,12-13H2,(H,21,24)/t17-/m1/s1. The molecule has 1 atom stereocenters. The number of anilines is 1. The number of nitrogens with zero attached hydrogens (tertiary/aromatic N) is 2. The van der Waals surface area contributed by atoms with Gasteiger partial charge in [-0.2, -0.15) is 0 Å². The first kappa shape index (κ1) is 17.1.